The van der Waals surface area contributed by atoms with Crippen molar-refractivity contribution in [1.29, 1.82) is 5.26 Å². The minimum Gasteiger partial charge on any atom is -0.490 e. The number of carboxylic acids is 1. The highest BCUT2D eigenvalue weighted by molar-refractivity contribution is 5.97. The Kier molecular flexibility index (Phi) is 10.6. The predicted octanol–water partition coefficient (Wildman–Crippen LogP) is 2.00. The summed E-state index contributed by atoms with van der Waals surface area (Å²) in [6.07, 6.45) is 2.32. The Bertz CT molecular complexity index is 725. The molecule has 0 radical (unpaired) electrons. The van der Waals surface area contributed by atoms with E-state index in [-0.39, 0.29) is 18.5 Å². The summed E-state index contributed by atoms with van der Waals surface area (Å²) >= 11 is 0. The molecule has 0 fully saturated rings. The van der Waals surface area contributed by atoms with Gasteiger partial charge in [-0.15, -0.1) is 0 Å². The van der Waals surface area contributed by atoms with Gasteiger partial charge >= 0.3 is 5.97 Å². The average molecular weight is 389 g/mol. The summed E-state index contributed by atoms with van der Waals surface area (Å²) in [5.74, 6) is -0.0584. The third kappa shape index (κ3) is 8.45. The molecule has 1 amide bonds. The molecule has 28 heavy (non-hydrogen) atoms. The molecule has 8 nitrogen and oxygen atoms in total. The van der Waals surface area contributed by atoms with E-state index in [9.17, 15) is 9.59 Å². The molecule has 1 aromatic rings. The fourth-order valence-corrected chi connectivity index (χ4v) is 2.33. The number of hydrogen-bond acceptors (Lipinski definition) is 6. The number of nitrogens with zero attached hydrogens (tertiary/aromatic N) is 1. The minimum atomic E-state index is -0.922. The van der Waals surface area contributed by atoms with E-state index in [2.05, 4.69) is 10.6 Å². The lowest BCUT2D eigenvalue weighted by atomic mass is 10.1. The Morgan fingerprint density at radius 1 is 1.18 bits per heavy atom. The second-order valence-electron chi connectivity index (χ2n) is 5.77. The molecule has 0 aliphatic heterocycles. The van der Waals surface area contributed by atoms with Crippen LogP contribution < -0.4 is 20.1 Å². The van der Waals surface area contributed by atoms with Crippen molar-refractivity contribution in [3.63, 3.8) is 0 Å². The van der Waals surface area contributed by atoms with E-state index in [0.29, 0.717) is 44.1 Å². The Morgan fingerprint density at radius 3 is 2.54 bits per heavy atom. The van der Waals surface area contributed by atoms with E-state index in [1.54, 1.807) is 0 Å². The molecule has 0 atom stereocenters. The highest BCUT2D eigenvalue weighted by atomic mass is 16.5. The number of carbonyl (C=O) groups excluding carboxylic acids is 1. The smallest absolute Gasteiger partial charge is 0.303 e. The van der Waals surface area contributed by atoms with Gasteiger partial charge in [-0.25, -0.2) is 0 Å². The van der Waals surface area contributed by atoms with Gasteiger partial charge in [0, 0.05) is 25.7 Å². The van der Waals surface area contributed by atoms with Crippen LogP contribution in [0.3, 0.4) is 0 Å². The largest absolute Gasteiger partial charge is 0.490 e. The SMILES string of the molecule is CCOc1ccc(CCN/C=C(/C#N)C(=O)NCCCC(=O)O)cc1OCC. The standard InChI is InChI=1S/C20H27N3O5/c1-3-27-17-8-7-15(12-18(17)28-4-2)9-11-22-14-16(13-21)20(26)23-10-5-6-19(24)25/h7-8,12,14,22H,3-6,9-11H2,1-2H3,(H,23,26)(H,24,25)/b16-14-. The molecule has 0 bridgehead atoms. The zero-order chi connectivity index (χ0) is 20.8. The highest BCUT2D eigenvalue weighted by Gasteiger charge is 2.09. The third-order valence-electron chi connectivity index (χ3n) is 3.63. The van der Waals surface area contributed by atoms with Crippen molar-refractivity contribution < 1.29 is 24.2 Å². The zero-order valence-corrected chi connectivity index (χ0v) is 16.3. The topological polar surface area (TPSA) is 121 Å². The number of rotatable bonds is 13. The fraction of sp³-hybridized carbons (Fsp3) is 0.450. The van der Waals surface area contributed by atoms with E-state index in [4.69, 9.17) is 19.8 Å². The number of carbonyl (C=O) groups is 2. The molecule has 0 aromatic heterocycles. The summed E-state index contributed by atoms with van der Waals surface area (Å²) in [6, 6.07) is 7.56. The molecule has 152 valence electrons. The number of hydrogen-bond donors (Lipinski definition) is 3. The fourth-order valence-electron chi connectivity index (χ4n) is 2.33. The quantitative estimate of drug-likeness (QED) is 0.268. The van der Waals surface area contributed by atoms with Crippen LogP contribution in [0.5, 0.6) is 11.5 Å². The van der Waals surface area contributed by atoms with Gasteiger partial charge in [0.2, 0.25) is 0 Å². The first kappa shape index (κ1) is 22.8. The van der Waals surface area contributed by atoms with Crippen LogP contribution in [0.2, 0.25) is 0 Å². The molecule has 0 heterocycles. The van der Waals surface area contributed by atoms with E-state index < -0.39 is 11.9 Å². The monoisotopic (exact) mass is 389 g/mol. The molecule has 1 aromatic carbocycles. The van der Waals surface area contributed by atoms with Crippen molar-refractivity contribution >= 4 is 11.9 Å². The van der Waals surface area contributed by atoms with Crippen LogP contribution in [0.4, 0.5) is 0 Å². The number of benzene rings is 1. The number of aliphatic carboxylic acids is 1. The van der Waals surface area contributed by atoms with Gasteiger partial charge in [0.15, 0.2) is 11.5 Å². The molecular weight excluding hydrogens is 362 g/mol. The van der Waals surface area contributed by atoms with Crippen LogP contribution in [0, 0.1) is 11.3 Å². The summed E-state index contributed by atoms with van der Waals surface area (Å²) in [5, 5.41) is 23.1. The van der Waals surface area contributed by atoms with Crippen molar-refractivity contribution in [3.8, 4) is 17.6 Å². The lowest BCUT2D eigenvalue weighted by molar-refractivity contribution is -0.137. The van der Waals surface area contributed by atoms with E-state index >= 15 is 0 Å². The van der Waals surface area contributed by atoms with Gasteiger partial charge in [0.05, 0.1) is 13.2 Å². The second-order valence-corrected chi connectivity index (χ2v) is 5.77. The van der Waals surface area contributed by atoms with E-state index in [1.165, 1.54) is 6.20 Å². The highest BCUT2D eigenvalue weighted by Crippen LogP contribution is 2.28. The first-order valence-corrected chi connectivity index (χ1v) is 9.23. The third-order valence-corrected chi connectivity index (χ3v) is 3.63. The van der Waals surface area contributed by atoms with Crippen molar-refractivity contribution in [2.24, 2.45) is 0 Å². The van der Waals surface area contributed by atoms with Gasteiger partial charge in [-0.3, -0.25) is 9.59 Å². The molecular formula is C20H27N3O5. The Balaban J connectivity index is 2.52. The average Bonchev–Trinajstić information content (AvgIpc) is 2.67. The van der Waals surface area contributed by atoms with Crippen LogP contribution >= 0.6 is 0 Å². The van der Waals surface area contributed by atoms with Crippen molar-refractivity contribution in [2.45, 2.75) is 33.1 Å². The summed E-state index contributed by atoms with van der Waals surface area (Å²) in [6.45, 7) is 5.64. The molecule has 0 saturated heterocycles. The van der Waals surface area contributed by atoms with Crippen LogP contribution in [0.1, 0.15) is 32.3 Å². The molecule has 0 spiro atoms. The van der Waals surface area contributed by atoms with Crippen LogP contribution in [-0.4, -0.2) is 43.3 Å². The van der Waals surface area contributed by atoms with Gasteiger partial charge in [0.25, 0.3) is 5.91 Å². The number of nitrogens with one attached hydrogen (secondary N) is 2. The maximum Gasteiger partial charge on any atom is 0.303 e. The second kappa shape index (κ2) is 13.0. The molecule has 0 aliphatic carbocycles. The summed E-state index contributed by atoms with van der Waals surface area (Å²) in [5.41, 5.74) is 0.974. The van der Waals surface area contributed by atoms with Crippen molar-refractivity contribution in [2.75, 3.05) is 26.3 Å². The minimum absolute atomic E-state index is 0.0318. The molecule has 1 rings (SSSR count). The lowest BCUT2D eigenvalue weighted by Gasteiger charge is -2.12. The summed E-state index contributed by atoms with van der Waals surface area (Å²) < 4.78 is 11.1. The first-order valence-electron chi connectivity index (χ1n) is 9.23. The van der Waals surface area contributed by atoms with Gasteiger partial charge in [-0.05, 0) is 44.4 Å². The van der Waals surface area contributed by atoms with Crippen molar-refractivity contribution in [3.05, 3.63) is 35.5 Å². The number of nitriles is 1. The van der Waals surface area contributed by atoms with E-state index in [1.807, 2.05) is 38.1 Å². The zero-order valence-electron chi connectivity index (χ0n) is 16.3. The molecule has 8 heteroatoms. The van der Waals surface area contributed by atoms with Gasteiger partial charge in [0.1, 0.15) is 11.6 Å². The lowest BCUT2D eigenvalue weighted by Crippen LogP contribution is -2.27. The molecule has 3 N–H and O–H groups in total. The number of ether oxygens (including phenoxy) is 2. The molecule has 0 aliphatic rings. The van der Waals surface area contributed by atoms with Crippen LogP contribution in [-0.2, 0) is 16.0 Å². The van der Waals surface area contributed by atoms with E-state index in [0.717, 1.165) is 5.56 Å². The summed E-state index contributed by atoms with van der Waals surface area (Å²) in [7, 11) is 0. The molecule has 0 unspecified atom stereocenters. The van der Waals surface area contributed by atoms with Gasteiger partial charge < -0.3 is 25.2 Å². The maximum atomic E-state index is 11.9. The Labute approximate surface area is 165 Å². The Hall–Kier alpha value is -3.21. The first-order chi connectivity index (χ1) is 13.5. The van der Waals surface area contributed by atoms with Gasteiger partial charge in [-0.2, -0.15) is 5.26 Å². The van der Waals surface area contributed by atoms with Crippen LogP contribution in [0.25, 0.3) is 0 Å². The predicted molar refractivity (Wildman–Crippen MR) is 104 cm³/mol. The Morgan fingerprint density at radius 2 is 1.89 bits per heavy atom. The maximum absolute atomic E-state index is 11.9. The van der Waals surface area contributed by atoms with Crippen LogP contribution in [0.15, 0.2) is 30.0 Å². The number of amides is 1. The van der Waals surface area contributed by atoms with Gasteiger partial charge in [-0.1, -0.05) is 6.07 Å². The molecule has 0 saturated carbocycles. The summed E-state index contributed by atoms with van der Waals surface area (Å²) in [4.78, 5) is 22.3. The number of carboxylic acid groups (broad SMARTS) is 1. The normalized spacial score (nSPS) is 10.7. The van der Waals surface area contributed by atoms with Crippen molar-refractivity contribution in [1.82, 2.24) is 10.6 Å².